The number of fused-ring (bicyclic) bond motifs is 1. The smallest absolute Gasteiger partial charge is 0.0491 e. The summed E-state index contributed by atoms with van der Waals surface area (Å²) in [5, 5.41) is 0. The van der Waals surface area contributed by atoms with Gasteiger partial charge in [-0.3, -0.25) is 0 Å². The van der Waals surface area contributed by atoms with E-state index in [1.165, 1.54) is 5.70 Å². The van der Waals surface area contributed by atoms with Crippen molar-refractivity contribution in [2.45, 2.75) is 13.0 Å². The van der Waals surface area contributed by atoms with E-state index in [2.05, 4.69) is 54.5 Å². The van der Waals surface area contributed by atoms with Crippen molar-refractivity contribution >= 4 is 0 Å². The van der Waals surface area contributed by atoms with E-state index < -0.39 is 0 Å². The third-order valence-electron chi connectivity index (χ3n) is 2.02. The molecule has 1 atom stereocenters. The molecule has 0 spiro atoms. The van der Waals surface area contributed by atoms with Crippen LogP contribution in [0.15, 0.2) is 48.4 Å². The standard InChI is InChI=1S/C10H11N/c1-9-5-4-7-10-6-2-3-8-11(9)10/h2-9H,1H3. The van der Waals surface area contributed by atoms with Gasteiger partial charge in [0.2, 0.25) is 0 Å². The first-order valence-corrected chi connectivity index (χ1v) is 3.89. The van der Waals surface area contributed by atoms with E-state index in [0.29, 0.717) is 6.04 Å². The molecule has 0 radical (unpaired) electrons. The van der Waals surface area contributed by atoms with E-state index in [0.717, 1.165) is 0 Å². The lowest BCUT2D eigenvalue weighted by Crippen LogP contribution is -2.27. The van der Waals surface area contributed by atoms with E-state index in [9.17, 15) is 0 Å². The van der Waals surface area contributed by atoms with Gasteiger partial charge in [0.05, 0.1) is 0 Å². The monoisotopic (exact) mass is 145 g/mol. The summed E-state index contributed by atoms with van der Waals surface area (Å²) in [6, 6.07) is 0.496. The Morgan fingerprint density at radius 3 is 3.00 bits per heavy atom. The molecule has 11 heavy (non-hydrogen) atoms. The second-order valence-electron chi connectivity index (χ2n) is 2.82. The van der Waals surface area contributed by atoms with Crippen molar-refractivity contribution < 1.29 is 0 Å². The number of rotatable bonds is 0. The van der Waals surface area contributed by atoms with Crippen molar-refractivity contribution in [3.05, 3.63) is 48.4 Å². The van der Waals surface area contributed by atoms with Crippen molar-refractivity contribution in [2.24, 2.45) is 0 Å². The minimum atomic E-state index is 0.496. The summed E-state index contributed by atoms with van der Waals surface area (Å²) in [5.74, 6) is 0. The normalized spacial score (nSPS) is 26.8. The highest BCUT2D eigenvalue weighted by Gasteiger charge is 2.13. The molecule has 56 valence electrons. The van der Waals surface area contributed by atoms with Crippen LogP contribution in [0.4, 0.5) is 0 Å². The lowest BCUT2D eigenvalue weighted by Gasteiger charge is -2.30. The summed E-state index contributed by atoms with van der Waals surface area (Å²) >= 11 is 0. The van der Waals surface area contributed by atoms with Crippen LogP contribution in [0.5, 0.6) is 0 Å². The topological polar surface area (TPSA) is 3.24 Å². The number of nitrogens with zero attached hydrogens (tertiary/aromatic N) is 1. The van der Waals surface area contributed by atoms with Gasteiger partial charge in [0.25, 0.3) is 0 Å². The van der Waals surface area contributed by atoms with Gasteiger partial charge in [-0.15, -0.1) is 0 Å². The molecule has 1 unspecified atom stereocenters. The Hall–Kier alpha value is -1.24. The van der Waals surface area contributed by atoms with Crippen molar-refractivity contribution in [3.63, 3.8) is 0 Å². The van der Waals surface area contributed by atoms with Gasteiger partial charge in [-0.05, 0) is 25.2 Å². The molecule has 0 N–H and O–H groups in total. The van der Waals surface area contributed by atoms with Gasteiger partial charge in [-0.25, -0.2) is 0 Å². The Kier molecular flexibility index (Phi) is 1.42. The first-order valence-electron chi connectivity index (χ1n) is 3.89. The third kappa shape index (κ3) is 1.03. The summed E-state index contributed by atoms with van der Waals surface area (Å²) in [4.78, 5) is 2.25. The zero-order valence-corrected chi connectivity index (χ0v) is 6.57. The maximum absolute atomic E-state index is 2.25. The SMILES string of the molecule is CC1C=CC=C2C=CC=CN21. The average Bonchev–Trinajstić information content (AvgIpc) is 2.06. The van der Waals surface area contributed by atoms with Gasteiger partial charge in [0.15, 0.2) is 0 Å². The van der Waals surface area contributed by atoms with E-state index >= 15 is 0 Å². The van der Waals surface area contributed by atoms with Gasteiger partial charge >= 0.3 is 0 Å². The molecular formula is C10H11N. The van der Waals surface area contributed by atoms with Crippen LogP contribution < -0.4 is 0 Å². The summed E-state index contributed by atoms with van der Waals surface area (Å²) in [6.45, 7) is 2.19. The van der Waals surface area contributed by atoms with Gasteiger partial charge in [-0.1, -0.05) is 18.2 Å². The largest absolute Gasteiger partial charge is 0.341 e. The minimum Gasteiger partial charge on any atom is -0.341 e. The second kappa shape index (κ2) is 2.42. The van der Waals surface area contributed by atoms with Crippen LogP contribution in [-0.4, -0.2) is 10.9 Å². The van der Waals surface area contributed by atoms with Crippen LogP contribution >= 0.6 is 0 Å². The number of allylic oxidation sites excluding steroid dienone is 5. The molecule has 0 saturated heterocycles. The van der Waals surface area contributed by atoms with E-state index in [1.54, 1.807) is 0 Å². The highest BCUT2D eigenvalue weighted by Crippen LogP contribution is 2.19. The second-order valence-corrected chi connectivity index (χ2v) is 2.82. The third-order valence-corrected chi connectivity index (χ3v) is 2.02. The Bertz CT molecular complexity index is 269. The predicted molar refractivity (Wildman–Crippen MR) is 46.8 cm³/mol. The van der Waals surface area contributed by atoms with Gasteiger partial charge in [0.1, 0.15) is 0 Å². The molecule has 0 saturated carbocycles. The van der Waals surface area contributed by atoms with E-state index in [4.69, 9.17) is 0 Å². The molecule has 2 rings (SSSR count). The fraction of sp³-hybridized carbons (Fsp3) is 0.200. The molecular weight excluding hydrogens is 134 g/mol. The van der Waals surface area contributed by atoms with Crippen molar-refractivity contribution in [1.29, 1.82) is 0 Å². The summed E-state index contributed by atoms with van der Waals surface area (Å²) < 4.78 is 0. The molecule has 0 aliphatic carbocycles. The molecule has 0 aromatic rings. The van der Waals surface area contributed by atoms with Crippen LogP contribution in [-0.2, 0) is 0 Å². The molecule has 2 heterocycles. The molecule has 0 bridgehead atoms. The molecule has 2 aliphatic rings. The zero-order chi connectivity index (χ0) is 7.68. The predicted octanol–water partition coefficient (Wildman–Crippen LogP) is 2.21. The Morgan fingerprint density at radius 2 is 2.18 bits per heavy atom. The molecule has 0 aromatic heterocycles. The lowest BCUT2D eigenvalue weighted by atomic mass is 10.1. The molecule has 0 amide bonds. The Balaban J connectivity index is 2.35. The Morgan fingerprint density at radius 1 is 1.27 bits per heavy atom. The van der Waals surface area contributed by atoms with E-state index in [-0.39, 0.29) is 0 Å². The highest BCUT2D eigenvalue weighted by molar-refractivity contribution is 5.35. The summed E-state index contributed by atoms with van der Waals surface area (Å²) in [6.07, 6.45) is 14.8. The summed E-state index contributed by atoms with van der Waals surface area (Å²) in [5.41, 5.74) is 1.28. The van der Waals surface area contributed by atoms with Crippen LogP contribution in [0.25, 0.3) is 0 Å². The number of hydrogen-bond donors (Lipinski definition) is 0. The molecule has 1 heteroatoms. The quantitative estimate of drug-likeness (QED) is 0.505. The first-order chi connectivity index (χ1) is 5.38. The molecule has 2 aliphatic heterocycles. The van der Waals surface area contributed by atoms with Crippen molar-refractivity contribution in [3.8, 4) is 0 Å². The van der Waals surface area contributed by atoms with Gasteiger partial charge < -0.3 is 4.90 Å². The van der Waals surface area contributed by atoms with Crippen LogP contribution in [0, 0.1) is 0 Å². The zero-order valence-electron chi connectivity index (χ0n) is 6.57. The highest BCUT2D eigenvalue weighted by atomic mass is 15.1. The average molecular weight is 145 g/mol. The van der Waals surface area contributed by atoms with Crippen LogP contribution in [0.3, 0.4) is 0 Å². The minimum absolute atomic E-state index is 0.496. The first kappa shape index (κ1) is 6.47. The van der Waals surface area contributed by atoms with Gasteiger partial charge in [0, 0.05) is 17.9 Å². The van der Waals surface area contributed by atoms with Crippen molar-refractivity contribution in [1.82, 2.24) is 4.90 Å². The lowest BCUT2D eigenvalue weighted by molar-refractivity contribution is 0.420. The fourth-order valence-corrected chi connectivity index (χ4v) is 1.39. The maximum Gasteiger partial charge on any atom is 0.0491 e. The van der Waals surface area contributed by atoms with Gasteiger partial charge in [-0.2, -0.15) is 0 Å². The Labute approximate surface area is 67.0 Å². The number of hydrogen-bond acceptors (Lipinski definition) is 1. The van der Waals surface area contributed by atoms with Crippen LogP contribution in [0.1, 0.15) is 6.92 Å². The fourth-order valence-electron chi connectivity index (χ4n) is 1.39. The maximum atomic E-state index is 2.25. The molecule has 0 fully saturated rings. The van der Waals surface area contributed by atoms with E-state index in [1.807, 2.05) is 0 Å². The molecule has 0 aromatic carbocycles. The summed E-state index contributed by atoms with van der Waals surface area (Å²) in [7, 11) is 0. The van der Waals surface area contributed by atoms with Crippen molar-refractivity contribution in [2.75, 3.05) is 0 Å². The molecule has 1 nitrogen and oxygen atoms in total. The van der Waals surface area contributed by atoms with Crippen LogP contribution in [0.2, 0.25) is 0 Å².